The maximum atomic E-state index is 12.1. The molecular weight excluding hydrogens is 328 g/mol. The number of likely N-dealkylation sites (N-methyl/N-ethyl adjacent to an activating group) is 2. The van der Waals surface area contributed by atoms with E-state index in [9.17, 15) is 9.59 Å². The molecule has 2 amide bonds. The molecule has 2 heterocycles. The molecule has 0 saturated heterocycles. The largest absolute Gasteiger partial charge is 0.451 e. The number of fused-ring (bicyclic) bond motifs is 3. The fourth-order valence-electron chi connectivity index (χ4n) is 2.23. The van der Waals surface area contributed by atoms with Crippen molar-refractivity contribution in [2.45, 2.75) is 5.03 Å². The maximum Gasteiger partial charge on any atom is 0.239 e. The molecule has 0 aliphatic heterocycles. The lowest BCUT2D eigenvalue weighted by Crippen LogP contribution is -2.37. The molecule has 0 aliphatic rings. The van der Waals surface area contributed by atoms with E-state index in [2.05, 4.69) is 15.3 Å². The van der Waals surface area contributed by atoms with Gasteiger partial charge in [0.2, 0.25) is 11.8 Å². The van der Waals surface area contributed by atoms with Crippen molar-refractivity contribution < 1.29 is 14.0 Å². The van der Waals surface area contributed by atoms with E-state index in [0.29, 0.717) is 10.6 Å². The molecule has 0 unspecified atom stereocenters. The number of benzene rings is 1. The van der Waals surface area contributed by atoms with Crippen LogP contribution in [0.3, 0.4) is 0 Å². The predicted molar refractivity (Wildman–Crippen MR) is 91.7 cm³/mol. The number of rotatable bonds is 5. The first-order valence-electron chi connectivity index (χ1n) is 7.29. The Morgan fingerprint density at radius 3 is 2.88 bits per heavy atom. The van der Waals surface area contributed by atoms with Gasteiger partial charge < -0.3 is 14.6 Å². The van der Waals surface area contributed by atoms with Crippen LogP contribution in [0, 0.1) is 0 Å². The zero-order valence-electron chi connectivity index (χ0n) is 13.3. The van der Waals surface area contributed by atoms with E-state index >= 15 is 0 Å². The van der Waals surface area contributed by atoms with Crippen LogP contribution in [0.4, 0.5) is 0 Å². The molecule has 3 rings (SSSR count). The van der Waals surface area contributed by atoms with Gasteiger partial charge in [-0.3, -0.25) is 9.59 Å². The summed E-state index contributed by atoms with van der Waals surface area (Å²) < 4.78 is 5.82. The molecule has 1 aromatic carbocycles. The first-order valence-corrected chi connectivity index (χ1v) is 8.28. The van der Waals surface area contributed by atoms with Crippen molar-refractivity contribution in [2.75, 3.05) is 26.4 Å². The lowest BCUT2D eigenvalue weighted by atomic mass is 10.2. The number of aromatic nitrogens is 2. The molecule has 1 N–H and O–H groups in total. The highest BCUT2D eigenvalue weighted by molar-refractivity contribution is 8.00. The van der Waals surface area contributed by atoms with Crippen LogP contribution >= 0.6 is 11.8 Å². The highest BCUT2D eigenvalue weighted by Crippen LogP contribution is 2.32. The summed E-state index contributed by atoms with van der Waals surface area (Å²) >= 11 is 1.27. The third-order valence-corrected chi connectivity index (χ3v) is 4.50. The molecule has 0 radical (unpaired) electrons. The number of hydrogen-bond donors (Lipinski definition) is 1. The van der Waals surface area contributed by atoms with E-state index in [1.54, 1.807) is 7.05 Å². The van der Waals surface area contributed by atoms with Crippen molar-refractivity contribution in [1.29, 1.82) is 0 Å². The zero-order chi connectivity index (χ0) is 17.1. The van der Waals surface area contributed by atoms with E-state index in [1.807, 2.05) is 24.3 Å². The van der Waals surface area contributed by atoms with E-state index in [0.717, 1.165) is 16.5 Å². The number of para-hydroxylation sites is 1. The van der Waals surface area contributed by atoms with E-state index in [4.69, 9.17) is 4.42 Å². The standard InChI is InChI=1S/C16H16N4O3S/c1-17-12(21)7-20(2)13(22)8-24-16-15-14(18-9-19-16)10-5-3-4-6-11(10)23-15/h3-6,9H,7-8H2,1-2H3,(H,17,21). The summed E-state index contributed by atoms with van der Waals surface area (Å²) in [6.07, 6.45) is 1.46. The van der Waals surface area contributed by atoms with Crippen molar-refractivity contribution in [1.82, 2.24) is 20.2 Å². The Hall–Kier alpha value is -2.61. The summed E-state index contributed by atoms with van der Waals surface area (Å²) in [5.74, 6) is -0.208. The van der Waals surface area contributed by atoms with Gasteiger partial charge in [-0.15, -0.1) is 0 Å². The Bertz CT molecular complexity index is 909. The number of nitrogens with one attached hydrogen (secondary N) is 1. The van der Waals surface area contributed by atoms with E-state index in [-0.39, 0.29) is 24.1 Å². The average molecular weight is 344 g/mol. The first-order chi connectivity index (χ1) is 11.6. The van der Waals surface area contributed by atoms with Gasteiger partial charge in [-0.1, -0.05) is 23.9 Å². The molecule has 3 aromatic rings. The van der Waals surface area contributed by atoms with Crippen molar-refractivity contribution >= 4 is 45.6 Å². The number of hydrogen-bond acceptors (Lipinski definition) is 6. The topological polar surface area (TPSA) is 88.3 Å². The Morgan fingerprint density at radius 1 is 1.29 bits per heavy atom. The Kier molecular flexibility index (Phi) is 4.66. The van der Waals surface area contributed by atoms with E-state index in [1.165, 1.54) is 30.0 Å². The molecule has 8 heteroatoms. The van der Waals surface area contributed by atoms with Crippen LogP contribution in [0.25, 0.3) is 22.1 Å². The molecule has 124 valence electrons. The number of amides is 2. The maximum absolute atomic E-state index is 12.1. The molecule has 0 saturated carbocycles. The molecule has 2 aromatic heterocycles. The van der Waals surface area contributed by atoms with Crippen molar-refractivity contribution in [3.63, 3.8) is 0 Å². The number of nitrogens with zero attached hydrogens (tertiary/aromatic N) is 3. The minimum absolute atomic E-state index is 0.0275. The molecular formula is C16H16N4O3S. The van der Waals surface area contributed by atoms with Gasteiger partial charge in [0.15, 0.2) is 5.58 Å². The van der Waals surface area contributed by atoms with Crippen LogP contribution in [-0.2, 0) is 9.59 Å². The second kappa shape index (κ2) is 6.88. The first kappa shape index (κ1) is 16.3. The summed E-state index contributed by atoms with van der Waals surface area (Å²) in [7, 11) is 3.13. The number of furan rings is 1. The summed E-state index contributed by atoms with van der Waals surface area (Å²) in [4.78, 5) is 33.3. The van der Waals surface area contributed by atoms with Crippen molar-refractivity contribution in [3.05, 3.63) is 30.6 Å². The van der Waals surface area contributed by atoms with Crippen LogP contribution in [0.5, 0.6) is 0 Å². The van der Waals surface area contributed by atoms with Gasteiger partial charge in [-0.2, -0.15) is 0 Å². The Labute approximate surface area is 142 Å². The summed E-state index contributed by atoms with van der Waals surface area (Å²) in [6, 6.07) is 7.62. The molecule has 0 fully saturated rings. The summed E-state index contributed by atoms with van der Waals surface area (Å²) in [5.41, 5.74) is 2.04. The second-order valence-corrected chi connectivity index (χ2v) is 6.13. The second-order valence-electron chi connectivity index (χ2n) is 5.17. The number of thioether (sulfide) groups is 1. The van der Waals surface area contributed by atoms with Gasteiger partial charge in [-0.05, 0) is 12.1 Å². The van der Waals surface area contributed by atoms with Crippen LogP contribution < -0.4 is 5.32 Å². The van der Waals surface area contributed by atoms with Crippen LogP contribution in [0.2, 0.25) is 0 Å². The van der Waals surface area contributed by atoms with Crippen molar-refractivity contribution in [3.8, 4) is 0 Å². The lowest BCUT2D eigenvalue weighted by molar-refractivity contribution is -0.132. The molecule has 0 aliphatic carbocycles. The van der Waals surface area contributed by atoms with Crippen LogP contribution in [0.15, 0.2) is 40.0 Å². The number of carbonyl (C=O) groups excluding carboxylic acids is 2. The Morgan fingerprint density at radius 2 is 2.08 bits per heavy atom. The third-order valence-electron chi connectivity index (χ3n) is 3.54. The van der Waals surface area contributed by atoms with Gasteiger partial charge in [-0.25, -0.2) is 9.97 Å². The highest BCUT2D eigenvalue weighted by Gasteiger charge is 2.16. The average Bonchev–Trinajstić information content (AvgIpc) is 2.98. The van der Waals surface area contributed by atoms with E-state index < -0.39 is 0 Å². The lowest BCUT2D eigenvalue weighted by Gasteiger charge is -2.15. The quantitative estimate of drug-likeness (QED) is 0.559. The molecule has 24 heavy (non-hydrogen) atoms. The molecule has 7 nitrogen and oxygen atoms in total. The normalized spacial score (nSPS) is 10.9. The van der Waals surface area contributed by atoms with Gasteiger partial charge in [0.1, 0.15) is 22.5 Å². The third kappa shape index (κ3) is 3.18. The van der Waals surface area contributed by atoms with Gasteiger partial charge in [0.25, 0.3) is 0 Å². The van der Waals surface area contributed by atoms with Gasteiger partial charge >= 0.3 is 0 Å². The summed E-state index contributed by atoms with van der Waals surface area (Å²) in [6.45, 7) is 0.0275. The molecule has 0 spiro atoms. The summed E-state index contributed by atoms with van der Waals surface area (Å²) in [5, 5.41) is 4.01. The van der Waals surface area contributed by atoms with Gasteiger partial charge in [0, 0.05) is 19.5 Å². The van der Waals surface area contributed by atoms with Crippen LogP contribution in [-0.4, -0.2) is 53.1 Å². The Balaban J connectivity index is 1.78. The highest BCUT2D eigenvalue weighted by atomic mass is 32.2. The molecule has 0 atom stereocenters. The fourth-order valence-corrected chi connectivity index (χ4v) is 3.10. The SMILES string of the molecule is CNC(=O)CN(C)C(=O)CSc1ncnc2c1oc1ccccc12. The predicted octanol–water partition coefficient (Wildman–Crippen LogP) is 1.67. The molecule has 0 bridgehead atoms. The smallest absolute Gasteiger partial charge is 0.239 e. The monoisotopic (exact) mass is 344 g/mol. The zero-order valence-corrected chi connectivity index (χ0v) is 14.1. The fraction of sp³-hybridized carbons (Fsp3) is 0.250. The van der Waals surface area contributed by atoms with Gasteiger partial charge in [0.05, 0.1) is 12.3 Å². The minimum Gasteiger partial charge on any atom is -0.451 e. The number of carbonyl (C=O) groups is 2. The minimum atomic E-state index is -0.211. The van der Waals surface area contributed by atoms with Crippen molar-refractivity contribution in [2.24, 2.45) is 0 Å². The van der Waals surface area contributed by atoms with Crippen LogP contribution in [0.1, 0.15) is 0 Å².